The van der Waals surface area contributed by atoms with E-state index in [4.69, 9.17) is 27.9 Å². The molecule has 1 aromatic heterocycles. The highest BCUT2D eigenvalue weighted by molar-refractivity contribution is 6.37. The zero-order valence-corrected chi connectivity index (χ0v) is 13.2. The monoisotopic (exact) mass is 327 g/mol. The number of nitrogens with zero attached hydrogens (tertiary/aromatic N) is 1. The summed E-state index contributed by atoms with van der Waals surface area (Å²) in [5.41, 5.74) is 1.20. The molecule has 1 heterocycles. The Labute approximate surface area is 132 Å². The van der Waals surface area contributed by atoms with E-state index in [0.717, 1.165) is 11.5 Å². The number of ether oxygens (including phenoxy) is 1. The Morgan fingerprint density at radius 1 is 1.38 bits per heavy atom. The highest BCUT2D eigenvalue weighted by Crippen LogP contribution is 2.33. The lowest BCUT2D eigenvalue weighted by molar-refractivity contribution is 0.0951. The van der Waals surface area contributed by atoms with E-state index in [2.05, 4.69) is 15.3 Å². The number of aromatic nitrogens is 2. The number of hydrogen-bond donors (Lipinski definition) is 2. The predicted molar refractivity (Wildman–Crippen MR) is 82.4 cm³/mol. The maximum Gasteiger partial charge on any atom is 0.256 e. The summed E-state index contributed by atoms with van der Waals surface area (Å²) in [4.78, 5) is 19.4. The minimum Gasteiger partial charge on any atom is -0.494 e. The first kappa shape index (κ1) is 15.7. The van der Waals surface area contributed by atoms with E-state index in [9.17, 15) is 4.79 Å². The van der Waals surface area contributed by atoms with Gasteiger partial charge < -0.3 is 15.0 Å². The number of H-pyrrole nitrogens is 1. The second kappa shape index (κ2) is 6.83. The third-order valence-electron chi connectivity index (χ3n) is 2.93. The Bertz CT molecular complexity index is 656. The minimum atomic E-state index is -0.324. The smallest absolute Gasteiger partial charge is 0.256 e. The molecule has 21 heavy (non-hydrogen) atoms. The van der Waals surface area contributed by atoms with Crippen LogP contribution in [0.1, 0.15) is 21.9 Å². The molecule has 0 aliphatic rings. The molecule has 0 saturated heterocycles. The highest BCUT2D eigenvalue weighted by Gasteiger charge is 2.19. The topological polar surface area (TPSA) is 67.0 Å². The molecule has 0 unspecified atom stereocenters. The normalized spacial score (nSPS) is 10.5. The average molecular weight is 328 g/mol. The van der Waals surface area contributed by atoms with Gasteiger partial charge in [0.05, 0.1) is 17.2 Å². The van der Waals surface area contributed by atoms with Crippen molar-refractivity contribution in [2.45, 2.75) is 13.3 Å². The number of benzene rings is 1. The predicted octanol–water partition coefficient (Wildman–Crippen LogP) is 3.01. The Hall–Kier alpha value is -1.72. The number of carbonyl (C=O) groups excluding carboxylic acids is 1. The number of carbonyl (C=O) groups is 1. The molecule has 0 saturated carbocycles. The summed E-state index contributed by atoms with van der Waals surface area (Å²) in [5.74, 6) is 0.797. The number of methoxy groups -OCH3 is 1. The number of aryl methyl sites for hydroxylation is 1. The van der Waals surface area contributed by atoms with Crippen molar-refractivity contribution in [2.75, 3.05) is 13.7 Å². The lowest BCUT2D eigenvalue weighted by Crippen LogP contribution is -2.26. The Morgan fingerprint density at radius 3 is 2.71 bits per heavy atom. The average Bonchev–Trinajstić information content (AvgIpc) is 2.86. The number of imidazole rings is 1. The van der Waals surface area contributed by atoms with Gasteiger partial charge in [0, 0.05) is 24.9 Å². The third-order valence-corrected chi connectivity index (χ3v) is 3.54. The summed E-state index contributed by atoms with van der Waals surface area (Å²) >= 11 is 12.1. The lowest BCUT2D eigenvalue weighted by atomic mass is 10.1. The van der Waals surface area contributed by atoms with E-state index in [1.807, 2.05) is 6.92 Å². The van der Waals surface area contributed by atoms with Crippen molar-refractivity contribution in [1.29, 1.82) is 0 Å². The molecule has 0 spiro atoms. The van der Waals surface area contributed by atoms with Crippen molar-refractivity contribution in [3.8, 4) is 5.75 Å². The molecular weight excluding hydrogens is 313 g/mol. The van der Waals surface area contributed by atoms with Crippen molar-refractivity contribution in [3.05, 3.63) is 45.5 Å². The van der Waals surface area contributed by atoms with Crippen LogP contribution >= 0.6 is 23.2 Å². The second-order valence-electron chi connectivity index (χ2n) is 4.44. The third kappa shape index (κ3) is 3.68. The largest absolute Gasteiger partial charge is 0.494 e. The maximum atomic E-state index is 12.2. The first-order valence-electron chi connectivity index (χ1n) is 6.33. The Morgan fingerprint density at radius 2 is 2.10 bits per heavy atom. The van der Waals surface area contributed by atoms with Crippen LogP contribution in [-0.4, -0.2) is 29.5 Å². The summed E-state index contributed by atoms with van der Waals surface area (Å²) in [6.07, 6.45) is 2.39. The summed E-state index contributed by atoms with van der Waals surface area (Å²) < 4.78 is 5.15. The van der Waals surface area contributed by atoms with Crippen LogP contribution < -0.4 is 10.1 Å². The highest BCUT2D eigenvalue weighted by atomic mass is 35.5. The molecule has 0 aliphatic carbocycles. The van der Waals surface area contributed by atoms with E-state index in [1.165, 1.54) is 7.11 Å². The van der Waals surface area contributed by atoms with Gasteiger partial charge in [-0.1, -0.05) is 23.2 Å². The summed E-state index contributed by atoms with van der Waals surface area (Å²) in [5, 5.41) is 3.43. The van der Waals surface area contributed by atoms with Crippen molar-refractivity contribution in [1.82, 2.24) is 15.3 Å². The van der Waals surface area contributed by atoms with Gasteiger partial charge in [0.25, 0.3) is 5.91 Å². The van der Waals surface area contributed by atoms with Crippen molar-refractivity contribution >= 4 is 29.1 Å². The molecular formula is C14H15Cl2N3O2. The zero-order chi connectivity index (χ0) is 15.4. The molecule has 0 bridgehead atoms. The zero-order valence-electron chi connectivity index (χ0n) is 11.7. The van der Waals surface area contributed by atoms with Crippen LogP contribution in [0.5, 0.6) is 5.75 Å². The molecule has 2 N–H and O–H groups in total. The molecule has 0 fully saturated rings. The van der Waals surface area contributed by atoms with E-state index < -0.39 is 0 Å². The summed E-state index contributed by atoms with van der Waals surface area (Å²) in [6.45, 7) is 2.32. The molecule has 112 valence electrons. The number of nitrogens with one attached hydrogen (secondary N) is 2. The van der Waals surface area contributed by atoms with Gasteiger partial charge in [-0.15, -0.1) is 0 Å². The molecule has 0 aliphatic heterocycles. The SMILES string of the molecule is COc1c(Cl)ccc(Cl)c1C(=O)NCCc1cnc(C)[nH]1. The van der Waals surface area contributed by atoms with Gasteiger partial charge in [0.2, 0.25) is 0 Å². The molecule has 0 atom stereocenters. The summed E-state index contributed by atoms with van der Waals surface area (Å²) in [7, 11) is 1.45. The van der Waals surface area contributed by atoms with Gasteiger partial charge >= 0.3 is 0 Å². The van der Waals surface area contributed by atoms with Crippen LogP contribution in [0.4, 0.5) is 0 Å². The van der Waals surface area contributed by atoms with Gasteiger partial charge in [-0.2, -0.15) is 0 Å². The standard InChI is InChI=1S/C14H15Cl2N3O2/c1-8-18-7-9(19-8)5-6-17-14(20)12-10(15)3-4-11(16)13(12)21-2/h3-4,7H,5-6H2,1-2H3,(H,17,20)(H,18,19). The van der Waals surface area contributed by atoms with E-state index in [0.29, 0.717) is 23.0 Å². The number of rotatable bonds is 5. The van der Waals surface area contributed by atoms with Gasteiger partial charge in [-0.3, -0.25) is 4.79 Å². The van der Waals surface area contributed by atoms with Gasteiger partial charge in [-0.25, -0.2) is 4.98 Å². The van der Waals surface area contributed by atoms with Crippen molar-refractivity contribution < 1.29 is 9.53 Å². The number of aromatic amines is 1. The molecule has 5 nitrogen and oxygen atoms in total. The second-order valence-corrected chi connectivity index (χ2v) is 5.25. The van der Waals surface area contributed by atoms with Gasteiger partial charge in [0.15, 0.2) is 5.75 Å². The number of hydrogen-bond acceptors (Lipinski definition) is 3. The van der Waals surface area contributed by atoms with Crippen LogP contribution in [0.2, 0.25) is 10.0 Å². The van der Waals surface area contributed by atoms with E-state index >= 15 is 0 Å². The van der Waals surface area contributed by atoms with E-state index in [-0.39, 0.29) is 17.2 Å². The van der Waals surface area contributed by atoms with Gasteiger partial charge in [0.1, 0.15) is 11.4 Å². The quantitative estimate of drug-likeness (QED) is 0.887. The fraction of sp³-hybridized carbons (Fsp3) is 0.286. The molecule has 7 heteroatoms. The minimum absolute atomic E-state index is 0.243. The fourth-order valence-electron chi connectivity index (χ4n) is 1.94. The van der Waals surface area contributed by atoms with Crippen LogP contribution in [0.25, 0.3) is 0 Å². The van der Waals surface area contributed by atoms with Crippen molar-refractivity contribution in [2.24, 2.45) is 0 Å². The maximum absolute atomic E-state index is 12.2. The number of halogens is 2. The van der Waals surface area contributed by atoms with Crippen LogP contribution in [0, 0.1) is 6.92 Å². The van der Waals surface area contributed by atoms with Crippen LogP contribution in [-0.2, 0) is 6.42 Å². The first-order valence-corrected chi connectivity index (χ1v) is 7.09. The fourth-order valence-corrected chi connectivity index (χ4v) is 2.41. The molecule has 2 rings (SSSR count). The lowest BCUT2D eigenvalue weighted by Gasteiger charge is -2.12. The van der Waals surface area contributed by atoms with Crippen LogP contribution in [0.3, 0.4) is 0 Å². The van der Waals surface area contributed by atoms with Crippen molar-refractivity contribution in [3.63, 3.8) is 0 Å². The summed E-state index contributed by atoms with van der Waals surface area (Å²) in [6, 6.07) is 3.16. The van der Waals surface area contributed by atoms with Crippen LogP contribution in [0.15, 0.2) is 18.3 Å². The first-order chi connectivity index (χ1) is 10.0. The molecule has 1 aromatic carbocycles. The molecule has 1 amide bonds. The van der Waals surface area contributed by atoms with E-state index in [1.54, 1.807) is 18.3 Å². The Kier molecular flexibility index (Phi) is 5.09. The molecule has 2 aromatic rings. The Balaban J connectivity index is 2.05. The molecule has 0 radical (unpaired) electrons. The number of amides is 1. The van der Waals surface area contributed by atoms with Gasteiger partial charge in [-0.05, 0) is 19.1 Å².